The predicted molar refractivity (Wildman–Crippen MR) is 116 cm³/mol. The van der Waals surface area contributed by atoms with Crippen LogP contribution in [-0.2, 0) is 21.6 Å². The fourth-order valence-corrected chi connectivity index (χ4v) is 3.80. The van der Waals surface area contributed by atoms with Crippen LogP contribution in [0.5, 0.6) is 5.75 Å². The van der Waals surface area contributed by atoms with Crippen molar-refractivity contribution in [2.24, 2.45) is 10.2 Å². The second kappa shape index (κ2) is 10.2. The molecule has 13 heteroatoms. The first-order chi connectivity index (χ1) is 15.7. The van der Waals surface area contributed by atoms with Gasteiger partial charge in [0, 0.05) is 5.39 Å². The summed E-state index contributed by atoms with van der Waals surface area (Å²) in [6.45, 7) is 1.46. The average molecular weight is 492 g/mol. The van der Waals surface area contributed by atoms with Gasteiger partial charge in [0.1, 0.15) is 22.5 Å². The molecule has 1 heterocycles. The van der Waals surface area contributed by atoms with Gasteiger partial charge in [0.15, 0.2) is 5.69 Å². The van der Waals surface area contributed by atoms with Crippen molar-refractivity contribution < 1.29 is 57.8 Å². The monoisotopic (exact) mass is 492 g/mol. The zero-order valence-corrected chi connectivity index (χ0v) is 20.9. The summed E-state index contributed by atoms with van der Waals surface area (Å²) in [5.74, 6) is 0.0870. The third-order valence-corrected chi connectivity index (χ3v) is 5.71. The number of benzene rings is 3. The molecule has 0 amide bonds. The number of aryl methyl sites for hydroxylation is 1. The number of phenols is 1. The van der Waals surface area contributed by atoms with Crippen LogP contribution in [0.1, 0.15) is 11.3 Å². The van der Waals surface area contributed by atoms with Gasteiger partial charge in [-0.15, -0.1) is 5.11 Å². The zero-order valence-electron chi connectivity index (χ0n) is 18.1. The molecule has 3 N–H and O–H groups in total. The van der Waals surface area contributed by atoms with Crippen LogP contribution in [-0.4, -0.2) is 33.1 Å². The third kappa shape index (κ3) is 5.28. The molecule has 0 aliphatic rings. The molecule has 1 aromatic heterocycles. The summed E-state index contributed by atoms with van der Waals surface area (Å²) in [6, 6.07) is 13.2. The van der Waals surface area contributed by atoms with Crippen molar-refractivity contribution in [3.8, 4) is 11.4 Å². The summed E-state index contributed by atoms with van der Waals surface area (Å²) < 4.78 is 34.4. The first-order valence-electron chi connectivity index (χ1n) is 9.49. The van der Waals surface area contributed by atoms with Gasteiger partial charge in [-0.25, -0.2) is 18.0 Å². The van der Waals surface area contributed by atoms with Crippen molar-refractivity contribution in [2.45, 2.75) is 18.4 Å². The Bertz CT molecular complexity index is 1540. The average Bonchev–Trinajstić information content (AvgIpc) is 3.07. The quantitative estimate of drug-likeness (QED) is 0.117. The Kier molecular flexibility index (Phi) is 7.73. The largest absolute Gasteiger partial charge is 1.00 e. The molecule has 0 aliphatic heterocycles. The molecule has 170 valence electrons. The fraction of sp³-hybridized carbons (Fsp3) is 0.0952. The van der Waals surface area contributed by atoms with Gasteiger partial charge in [-0.1, -0.05) is 12.1 Å². The first-order valence-corrected chi connectivity index (χ1v) is 10.9. The third-order valence-electron chi connectivity index (χ3n) is 4.86. The minimum atomic E-state index is -4.64. The number of fused-ring (bicyclic) bond motifs is 1. The van der Waals surface area contributed by atoms with Crippen molar-refractivity contribution in [1.29, 1.82) is 0 Å². The van der Waals surface area contributed by atoms with E-state index in [0.717, 1.165) is 27.8 Å². The van der Waals surface area contributed by atoms with Crippen LogP contribution >= 0.6 is 0 Å². The first kappa shape index (κ1) is 25.8. The molecule has 3 aromatic carbocycles. The standard InChI is InChI=1S/C21H18N4O7S.Na/c1-12-8-13-2-3-14(10-17(13)19(26)9-12)22-23-20-18(11-32-28)24-25(21(20)27)15-4-6-16(7-5-15)33(29,30)31;/h2-10,24,26,28H,11H2,1H3,(H,29,30,31);/q;+1/p-1. The number of H-pyrrole nitrogens is 1. The van der Waals surface area contributed by atoms with Gasteiger partial charge in [0.05, 0.1) is 22.0 Å². The van der Waals surface area contributed by atoms with Crippen LogP contribution in [0.4, 0.5) is 11.4 Å². The van der Waals surface area contributed by atoms with Crippen molar-refractivity contribution in [1.82, 2.24) is 9.78 Å². The number of nitrogens with one attached hydrogen (secondary N) is 1. The van der Waals surface area contributed by atoms with E-state index in [4.69, 9.17) is 5.26 Å². The molecular weight excluding hydrogens is 475 g/mol. The Labute approximate surface area is 215 Å². The number of hydrogen-bond donors (Lipinski definition) is 3. The number of aromatic nitrogens is 2. The van der Waals surface area contributed by atoms with Gasteiger partial charge >= 0.3 is 29.6 Å². The van der Waals surface area contributed by atoms with E-state index in [0.29, 0.717) is 11.1 Å². The van der Waals surface area contributed by atoms with Crippen LogP contribution in [0.15, 0.2) is 74.5 Å². The molecule has 0 bridgehead atoms. The van der Waals surface area contributed by atoms with Crippen molar-refractivity contribution >= 4 is 32.3 Å². The van der Waals surface area contributed by atoms with E-state index in [2.05, 4.69) is 20.2 Å². The summed E-state index contributed by atoms with van der Waals surface area (Å²) >= 11 is 0. The molecule has 0 radical (unpaired) electrons. The van der Waals surface area contributed by atoms with E-state index in [-0.39, 0.29) is 52.4 Å². The maximum Gasteiger partial charge on any atom is 1.00 e. The topological polar surface area (TPSA) is 169 Å². The molecule has 0 saturated heterocycles. The van der Waals surface area contributed by atoms with E-state index < -0.39 is 27.2 Å². The minimum Gasteiger partial charge on any atom is -0.744 e. The zero-order chi connectivity index (χ0) is 23.8. The number of nitrogens with zero attached hydrogens (tertiary/aromatic N) is 3. The molecule has 11 nitrogen and oxygen atoms in total. The van der Waals surface area contributed by atoms with E-state index in [1.165, 1.54) is 12.1 Å². The summed E-state index contributed by atoms with van der Waals surface area (Å²) in [6.07, 6.45) is 0. The van der Waals surface area contributed by atoms with E-state index in [9.17, 15) is 22.9 Å². The molecule has 34 heavy (non-hydrogen) atoms. The summed E-state index contributed by atoms with van der Waals surface area (Å²) in [7, 11) is -4.64. The summed E-state index contributed by atoms with van der Waals surface area (Å²) in [5.41, 5.74) is 0.789. The number of hydrogen-bond acceptors (Lipinski definition) is 9. The maximum absolute atomic E-state index is 12.9. The van der Waals surface area contributed by atoms with Crippen molar-refractivity contribution in [3.05, 3.63) is 76.2 Å². The van der Waals surface area contributed by atoms with Crippen LogP contribution in [0, 0.1) is 6.92 Å². The predicted octanol–water partition coefficient (Wildman–Crippen LogP) is 0.646. The molecular formula is C21H17N4NaO7S. The van der Waals surface area contributed by atoms with Crippen molar-refractivity contribution in [2.75, 3.05) is 0 Å². The van der Waals surface area contributed by atoms with Crippen LogP contribution < -0.4 is 35.1 Å². The second-order valence-corrected chi connectivity index (χ2v) is 8.57. The molecule has 0 aliphatic carbocycles. The second-order valence-electron chi connectivity index (χ2n) is 7.19. The minimum absolute atomic E-state index is 0. The van der Waals surface area contributed by atoms with Gasteiger partial charge in [0.25, 0.3) is 5.56 Å². The summed E-state index contributed by atoms with van der Waals surface area (Å²) in [4.78, 5) is 16.6. The molecule has 0 unspecified atom stereocenters. The maximum atomic E-state index is 12.9. The Morgan fingerprint density at radius 2 is 1.79 bits per heavy atom. The molecule has 4 rings (SSSR count). The number of aromatic hydroxyl groups is 1. The number of rotatable bonds is 6. The molecule has 0 atom stereocenters. The molecule has 4 aromatic rings. The van der Waals surface area contributed by atoms with E-state index in [1.54, 1.807) is 24.3 Å². The van der Waals surface area contributed by atoms with Crippen LogP contribution in [0.3, 0.4) is 0 Å². The normalized spacial score (nSPS) is 11.7. The van der Waals surface area contributed by atoms with Gasteiger partial charge in [0.2, 0.25) is 0 Å². The Morgan fingerprint density at radius 3 is 2.44 bits per heavy atom. The smallest absolute Gasteiger partial charge is 0.744 e. The van der Waals surface area contributed by atoms with Gasteiger partial charge in [-0.2, -0.15) is 5.11 Å². The molecule has 0 spiro atoms. The van der Waals surface area contributed by atoms with Gasteiger partial charge in [-0.3, -0.25) is 15.2 Å². The van der Waals surface area contributed by atoms with Gasteiger partial charge in [-0.05, 0) is 60.3 Å². The van der Waals surface area contributed by atoms with Crippen LogP contribution in [0.25, 0.3) is 16.5 Å². The fourth-order valence-electron chi connectivity index (χ4n) is 3.33. The Balaban J connectivity index is 0.00000324. The van der Waals surface area contributed by atoms with Crippen molar-refractivity contribution in [3.63, 3.8) is 0 Å². The van der Waals surface area contributed by atoms with E-state index in [1.807, 2.05) is 13.0 Å². The Hall–Kier alpha value is -2.84. The van der Waals surface area contributed by atoms with E-state index >= 15 is 0 Å². The van der Waals surface area contributed by atoms with Gasteiger partial charge < -0.3 is 9.66 Å². The number of aromatic amines is 1. The molecule has 0 saturated carbocycles. The Morgan fingerprint density at radius 1 is 1.09 bits per heavy atom. The molecule has 0 fully saturated rings. The number of phenolic OH excluding ortho intramolecular Hbond substituents is 1. The SMILES string of the molecule is Cc1cc(O)c2cc(N=Nc3c(COO)[nH]n(-c4ccc(S(=O)(=O)[O-])cc4)c3=O)ccc2c1.[Na+]. The summed E-state index contributed by atoms with van der Waals surface area (Å²) in [5, 5.41) is 31.2. The number of azo groups is 1. The van der Waals surface area contributed by atoms with Crippen LogP contribution in [0.2, 0.25) is 0 Å².